The molecular formula is C20H36O4. The first-order valence-electron chi connectivity index (χ1n) is 9.29. The van der Waals surface area contributed by atoms with Gasteiger partial charge in [-0.3, -0.25) is 14.4 Å². The predicted octanol–water partition coefficient (Wildman–Crippen LogP) is 5.19. The summed E-state index contributed by atoms with van der Waals surface area (Å²) in [5.41, 5.74) is 0. The zero-order valence-corrected chi connectivity index (χ0v) is 15.9. The number of unbranched alkanes of at least 4 members (excludes halogenated alkanes) is 7. The highest BCUT2D eigenvalue weighted by Crippen LogP contribution is 2.07. The summed E-state index contributed by atoms with van der Waals surface area (Å²) >= 11 is 0. The van der Waals surface area contributed by atoms with Crippen molar-refractivity contribution in [3.8, 4) is 0 Å². The molecule has 24 heavy (non-hydrogen) atoms. The number of ketones is 2. The second-order valence-electron chi connectivity index (χ2n) is 5.84. The summed E-state index contributed by atoms with van der Waals surface area (Å²) < 4.78 is 4.83. The van der Waals surface area contributed by atoms with Crippen molar-refractivity contribution in [2.24, 2.45) is 0 Å². The molecule has 0 aliphatic carbocycles. The molecule has 4 nitrogen and oxygen atoms in total. The van der Waals surface area contributed by atoms with Crippen LogP contribution in [0.1, 0.15) is 91.4 Å². The van der Waals surface area contributed by atoms with Crippen molar-refractivity contribution in [2.75, 3.05) is 6.61 Å². The largest absolute Gasteiger partial charge is 0.466 e. The Morgan fingerprint density at radius 3 is 2.00 bits per heavy atom. The van der Waals surface area contributed by atoms with E-state index in [0.717, 1.165) is 38.5 Å². The van der Waals surface area contributed by atoms with Gasteiger partial charge in [0.05, 0.1) is 6.61 Å². The van der Waals surface area contributed by atoms with Gasteiger partial charge in [0.1, 0.15) is 0 Å². The number of hydrogen-bond acceptors (Lipinski definition) is 4. The third-order valence-electron chi connectivity index (χ3n) is 3.49. The predicted molar refractivity (Wildman–Crippen MR) is 99.0 cm³/mol. The van der Waals surface area contributed by atoms with Gasteiger partial charge in [0.2, 0.25) is 0 Å². The molecule has 0 unspecified atom stereocenters. The lowest BCUT2D eigenvalue weighted by atomic mass is 10.1. The molecule has 0 N–H and O–H groups in total. The molecular weight excluding hydrogens is 304 g/mol. The Labute approximate surface area is 148 Å². The smallest absolute Gasteiger partial charge is 0.305 e. The lowest BCUT2D eigenvalue weighted by Crippen LogP contribution is -2.08. The van der Waals surface area contributed by atoms with E-state index in [1.54, 1.807) is 0 Å². The van der Waals surface area contributed by atoms with Crippen LogP contribution in [0.5, 0.6) is 0 Å². The third-order valence-corrected chi connectivity index (χ3v) is 3.49. The molecule has 0 aromatic heterocycles. The number of rotatable bonds is 14. The Balaban J connectivity index is 0. The molecule has 0 amide bonds. The lowest BCUT2D eigenvalue weighted by Gasteiger charge is -2.01. The number of carbonyl (C=O) groups excluding carboxylic acids is 3. The summed E-state index contributed by atoms with van der Waals surface area (Å²) in [6, 6.07) is 0. The van der Waals surface area contributed by atoms with E-state index in [4.69, 9.17) is 4.74 Å². The van der Waals surface area contributed by atoms with Crippen LogP contribution in [0, 0.1) is 0 Å². The van der Waals surface area contributed by atoms with Crippen molar-refractivity contribution >= 4 is 17.5 Å². The fourth-order valence-corrected chi connectivity index (χ4v) is 2.03. The van der Waals surface area contributed by atoms with Crippen LogP contribution in [-0.2, 0) is 19.1 Å². The number of hydrogen-bond donors (Lipinski definition) is 0. The molecule has 0 aromatic carbocycles. The van der Waals surface area contributed by atoms with Crippen LogP contribution in [0.15, 0.2) is 12.7 Å². The molecule has 0 aliphatic rings. The standard InChI is InChI=1S/C12H22O2.C8H14O2/c1-3-5-6-7-8-9-10-11-12(13)14-4-2;1-3-4-5-6-8(10)7(2)9/h3H,1,4-11H2,2H3;3-6H2,1-2H3. The number of esters is 1. The second-order valence-corrected chi connectivity index (χ2v) is 5.84. The van der Waals surface area contributed by atoms with E-state index < -0.39 is 0 Å². The number of allylic oxidation sites excluding steroid dienone is 1. The van der Waals surface area contributed by atoms with Crippen molar-refractivity contribution in [1.29, 1.82) is 0 Å². The molecule has 0 aromatic rings. The average Bonchev–Trinajstić information content (AvgIpc) is 2.55. The molecule has 140 valence electrons. The van der Waals surface area contributed by atoms with Crippen molar-refractivity contribution in [1.82, 2.24) is 0 Å². The molecule has 0 saturated carbocycles. The SMILES string of the molecule is C=CCCCCCCCC(=O)OCC.CCCCCC(=O)C(C)=O. The minimum Gasteiger partial charge on any atom is -0.466 e. The summed E-state index contributed by atoms with van der Waals surface area (Å²) in [6.07, 6.45) is 12.8. The Bertz CT molecular complexity index is 348. The van der Waals surface area contributed by atoms with Crippen LogP contribution < -0.4 is 0 Å². The lowest BCUT2D eigenvalue weighted by molar-refractivity contribution is -0.143. The Hall–Kier alpha value is -1.45. The average molecular weight is 341 g/mol. The number of carbonyl (C=O) groups is 3. The first-order valence-corrected chi connectivity index (χ1v) is 9.29. The Morgan fingerprint density at radius 1 is 0.875 bits per heavy atom. The molecule has 0 saturated heterocycles. The summed E-state index contributed by atoms with van der Waals surface area (Å²) in [7, 11) is 0. The summed E-state index contributed by atoms with van der Waals surface area (Å²) in [5.74, 6) is -0.594. The minimum absolute atomic E-state index is 0.0569. The van der Waals surface area contributed by atoms with Gasteiger partial charge in [0.15, 0.2) is 11.6 Å². The number of Topliss-reactive ketones (excluding diaryl/α,β-unsaturated/α-hetero) is 2. The molecule has 0 fully saturated rings. The summed E-state index contributed by atoms with van der Waals surface area (Å²) in [5, 5.41) is 0. The van der Waals surface area contributed by atoms with Crippen molar-refractivity contribution < 1.29 is 19.1 Å². The molecule has 0 radical (unpaired) electrons. The quantitative estimate of drug-likeness (QED) is 0.189. The third kappa shape index (κ3) is 20.6. The van der Waals surface area contributed by atoms with Gasteiger partial charge < -0.3 is 4.74 Å². The van der Waals surface area contributed by atoms with Crippen LogP contribution in [0.3, 0.4) is 0 Å². The van der Waals surface area contributed by atoms with Crippen molar-refractivity contribution in [3.05, 3.63) is 12.7 Å². The van der Waals surface area contributed by atoms with Gasteiger partial charge in [0, 0.05) is 19.8 Å². The molecule has 0 spiro atoms. The highest BCUT2D eigenvalue weighted by Gasteiger charge is 2.05. The van der Waals surface area contributed by atoms with E-state index in [0.29, 0.717) is 19.4 Å². The van der Waals surface area contributed by atoms with E-state index in [9.17, 15) is 14.4 Å². The van der Waals surface area contributed by atoms with E-state index in [2.05, 4.69) is 13.5 Å². The molecule has 0 heterocycles. The topological polar surface area (TPSA) is 60.4 Å². The molecule has 4 heteroatoms. The van der Waals surface area contributed by atoms with Gasteiger partial charge in [-0.2, -0.15) is 0 Å². The van der Waals surface area contributed by atoms with Crippen LogP contribution in [0.4, 0.5) is 0 Å². The van der Waals surface area contributed by atoms with E-state index in [1.165, 1.54) is 26.2 Å². The van der Waals surface area contributed by atoms with E-state index in [1.807, 2.05) is 13.0 Å². The highest BCUT2D eigenvalue weighted by atomic mass is 16.5. The summed E-state index contributed by atoms with van der Waals surface area (Å²) in [6.45, 7) is 9.41. The normalized spacial score (nSPS) is 9.62. The Kier molecular flexibility index (Phi) is 20.2. The zero-order valence-electron chi connectivity index (χ0n) is 15.9. The first kappa shape index (κ1) is 24.8. The van der Waals surface area contributed by atoms with Gasteiger partial charge in [0.25, 0.3) is 0 Å². The highest BCUT2D eigenvalue weighted by molar-refractivity contribution is 6.36. The van der Waals surface area contributed by atoms with Crippen LogP contribution >= 0.6 is 0 Å². The van der Waals surface area contributed by atoms with Crippen molar-refractivity contribution in [3.63, 3.8) is 0 Å². The van der Waals surface area contributed by atoms with Crippen LogP contribution in [0.25, 0.3) is 0 Å². The van der Waals surface area contributed by atoms with Crippen molar-refractivity contribution in [2.45, 2.75) is 91.4 Å². The fraction of sp³-hybridized carbons (Fsp3) is 0.750. The maximum Gasteiger partial charge on any atom is 0.305 e. The minimum atomic E-state index is -0.309. The second kappa shape index (κ2) is 19.6. The van der Waals surface area contributed by atoms with Gasteiger partial charge >= 0.3 is 5.97 Å². The molecule has 0 rings (SSSR count). The monoisotopic (exact) mass is 340 g/mol. The molecule has 0 atom stereocenters. The van der Waals surface area contributed by atoms with Gasteiger partial charge in [-0.1, -0.05) is 45.1 Å². The van der Waals surface area contributed by atoms with Gasteiger partial charge in [-0.15, -0.1) is 6.58 Å². The Morgan fingerprint density at radius 2 is 1.46 bits per heavy atom. The summed E-state index contributed by atoms with van der Waals surface area (Å²) in [4.78, 5) is 32.0. The fourth-order valence-electron chi connectivity index (χ4n) is 2.03. The maximum absolute atomic E-state index is 10.9. The van der Waals surface area contributed by atoms with Gasteiger partial charge in [-0.25, -0.2) is 0 Å². The molecule has 0 aliphatic heterocycles. The molecule has 0 bridgehead atoms. The number of ether oxygens (including phenoxy) is 1. The van der Waals surface area contributed by atoms with E-state index in [-0.39, 0.29) is 17.5 Å². The van der Waals surface area contributed by atoms with Crippen LogP contribution in [0.2, 0.25) is 0 Å². The zero-order chi connectivity index (χ0) is 18.6. The maximum atomic E-state index is 10.9. The van der Waals surface area contributed by atoms with Crippen LogP contribution in [-0.4, -0.2) is 24.1 Å². The first-order chi connectivity index (χ1) is 11.5. The van der Waals surface area contributed by atoms with E-state index >= 15 is 0 Å². The van der Waals surface area contributed by atoms with Gasteiger partial charge in [-0.05, 0) is 32.6 Å².